The minimum absolute atomic E-state index is 0. The first-order valence-electron chi connectivity index (χ1n) is 10.3. The number of benzene rings is 1. The number of phenols is 1. The average Bonchev–Trinajstić information content (AvgIpc) is 2.67. The van der Waals surface area contributed by atoms with Crippen molar-refractivity contribution in [2.45, 2.75) is 30.8 Å². The summed E-state index contributed by atoms with van der Waals surface area (Å²) in [5.74, 6) is -13.4. The number of aliphatic hydroxyl groups excluding tert-OH is 2. The van der Waals surface area contributed by atoms with Crippen LogP contribution in [0.4, 0.5) is 0 Å². The van der Waals surface area contributed by atoms with Crippen molar-refractivity contribution in [3.05, 3.63) is 40.7 Å². The maximum Gasteiger partial charge on any atom is 0.255 e. The van der Waals surface area contributed by atoms with Crippen molar-refractivity contribution in [2.24, 2.45) is 29.4 Å². The van der Waals surface area contributed by atoms with E-state index in [0.717, 1.165) is 0 Å². The van der Waals surface area contributed by atoms with Crippen LogP contribution >= 0.6 is 12.4 Å². The Bertz CT molecular complexity index is 1070. The molecule has 7 unspecified atom stereocenters. The van der Waals surface area contributed by atoms with Crippen LogP contribution in [0.1, 0.15) is 28.8 Å². The number of likely N-dealkylation sites (N-methyl/N-ethyl adjacent to an activating group) is 1. The van der Waals surface area contributed by atoms with Crippen molar-refractivity contribution in [1.82, 2.24) is 4.90 Å². The van der Waals surface area contributed by atoms with Crippen LogP contribution in [0.15, 0.2) is 29.5 Å². The van der Waals surface area contributed by atoms with E-state index in [4.69, 9.17) is 5.73 Å². The fourth-order valence-corrected chi connectivity index (χ4v) is 6.11. The minimum atomic E-state index is -2.94. The third-order valence-corrected chi connectivity index (χ3v) is 7.38. The number of primary amides is 1. The van der Waals surface area contributed by atoms with Crippen LogP contribution in [0.5, 0.6) is 5.75 Å². The highest BCUT2D eigenvalue weighted by atomic mass is 35.5. The largest absolute Gasteiger partial charge is 0.511 e. The third-order valence-electron chi connectivity index (χ3n) is 7.38. The summed E-state index contributed by atoms with van der Waals surface area (Å²) in [5.41, 5.74) is 4.86. The second kappa shape index (κ2) is 8.07. The molecule has 1 aromatic rings. The van der Waals surface area contributed by atoms with Gasteiger partial charge in [-0.25, -0.2) is 0 Å². The Kier molecular flexibility index (Phi) is 6.14. The molecule has 0 aliphatic heterocycles. The molecule has 4 rings (SSSR count). The molecule has 33 heavy (non-hydrogen) atoms. The Morgan fingerprint density at radius 2 is 1.67 bits per heavy atom. The number of amides is 1. The van der Waals surface area contributed by atoms with E-state index in [0.29, 0.717) is 5.56 Å². The monoisotopic (exact) mass is 482 g/mol. The molecular formula is C22H27ClN2O8. The average molecular weight is 483 g/mol. The van der Waals surface area contributed by atoms with Crippen molar-refractivity contribution in [3.8, 4) is 5.75 Å². The second-order valence-electron chi connectivity index (χ2n) is 9.18. The molecule has 180 valence electrons. The molecule has 7 atom stereocenters. The highest BCUT2D eigenvalue weighted by molar-refractivity contribution is 6.21. The Morgan fingerprint density at radius 1 is 1.06 bits per heavy atom. The zero-order chi connectivity index (χ0) is 23.9. The van der Waals surface area contributed by atoms with Crippen molar-refractivity contribution in [3.63, 3.8) is 0 Å². The number of aliphatic hydroxyl groups is 4. The number of carbonyl (C=O) groups is 3. The summed E-state index contributed by atoms with van der Waals surface area (Å²) in [6.45, 7) is 1.68. The topological polar surface area (TPSA) is 182 Å². The van der Waals surface area contributed by atoms with Crippen LogP contribution in [0.3, 0.4) is 0 Å². The van der Waals surface area contributed by atoms with Gasteiger partial charge in [-0.05, 0) is 31.6 Å². The van der Waals surface area contributed by atoms with Gasteiger partial charge in [-0.3, -0.25) is 19.3 Å². The van der Waals surface area contributed by atoms with Gasteiger partial charge >= 0.3 is 0 Å². The number of nitrogens with zero attached hydrogens (tertiary/aromatic N) is 1. The molecule has 3 aliphatic rings. The van der Waals surface area contributed by atoms with Crippen LogP contribution < -0.4 is 5.73 Å². The Balaban J connectivity index is 0.00000306. The number of rotatable bonds is 2. The number of halogens is 1. The predicted octanol–water partition coefficient (Wildman–Crippen LogP) is -0.556. The Labute approximate surface area is 195 Å². The van der Waals surface area contributed by atoms with Gasteiger partial charge in [0.25, 0.3) is 5.91 Å². The molecule has 10 nitrogen and oxygen atoms in total. The summed E-state index contributed by atoms with van der Waals surface area (Å²) in [6, 6.07) is 3.25. The van der Waals surface area contributed by atoms with Crippen molar-refractivity contribution in [1.29, 1.82) is 0 Å². The van der Waals surface area contributed by atoms with Gasteiger partial charge in [-0.2, -0.15) is 0 Å². The Morgan fingerprint density at radius 3 is 2.21 bits per heavy atom. The highest BCUT2D eigenvalue weighted by Crippen LogP contribution is 2.58. The molecule has 1 amide bonds. The van der Waals surface area contributed by atoms with Crippen LogP contribution in [0, 0.1) is 23.7 Å². The first kappa shape index (κ1) is 25.1. The zero-order valence-electron chi connectivity index (χ0n) is 18.2. The van der Waals surface area contributed by atoms with Gasteiger partial charge in [0.1, 0.15) is 17.1 Å². The first-order chi connectivity index (χ1) is 14.8. The summed E-state index contributed by atoms with van der Waals surface area (Å²) in [6.07, 6.45) is -1.43. The molecule has 11 heteroatoms. The maximum absolute atomic E-state index is 13.4. The van der Waals surface area contributed by atoms with E-state index in [9.17, 15) is 39.9 Å². The van der Waals surface area contributed by atoms with Crippen molar-refractivity contribution < 1.29 is 39.9 Å². The van der Waals surface area contributed by atoms with Crippen molar-refractivity contribution >= 4 is 29.9 Å². The molecule has 0 heterocycles. The number of hydrogen-bond donors (Lipinski definition) is 6. The molecule has 3 aliphatic carbocycles. The summed E-state index contributed by atoms with van der Waals surface area (Å²) >= 11 is 0. The van der Waals surface area contributed by atoms with E-state index in [-0.39, 0.29) is 23.7 Å². The highest BCUT2D eigenvalue weighted by Gasteiger charge is 2.68. The van der Waals surface area contributed by atoms with Gasteiger partial charge in [0.15, 0.2) is 17.4 Å². The number of Topliss-reactive ketones (excluding diaryl/α,β-unsaturated/α-hetero) is 2. The fraction of sp³-hybridized carbons (Fsp3) is 0.500. The zero-order valence-corrected chi connectivity index (χ0v) is 19.0. The standard InChI is InChI=1S/C22H26N2O8.ClH/c1-7-8-5-4-6-9(25)11(8)18(27)14-10(7)17(26)12-15(22(14,31)32)19(28)13(21(23)30)20(29)16(12)24(2)3;/h4-7,10,12,14-17,25-26,28,31-32H,1-3H3,(H2,23,30);1H. The van der Waals surface area contributed by atoms with E-state index in [2.05, 4.69) is 0 Å². The lowest BCUT2D eigenvalue weighted by Gasteiger charge is -2.58. The van der Waals surface area contributed by atoms with Crippen LogP contribution in [0.25, 0.3) is 0 Å². The van der Waals surface area contributed by atoms with Gasteiger partial charge in [-0.1, -0.05) is 19.1 Å². The van der Waals surface area contributed by atoms with E-state index in [1.807, 2.05) is 0 Å². The van der Waals surface area contributed by atoms with Gasteiger partial charge in [-0.15, -0.1) is 12.4 Å². The molecule has 0 spiro atoms. The minimum Gasteiger partial charge on any atom is -0.511 e. The molecule has 0 bridgehead atoms. The number of ketones is 2. The van der Waals surface area contributed by atoms with Gasteiger partial charge in [0, 0.05) is 11.8 Å². The lowest BCUT2D eigenvalue weighted by Crippen LogP contribution is -2.70. The summed E-state index contributed by atoms with van der Waals surface area (Å²) in [7, 11) is 3.03. The molecule has 0 saturated heterocycles. The quantitative estimate of drug-likeness (QED) is 0.238. The van der Waals surface area contributed by atoms with Crippen LogP contribution in [-0.4, -0.2) is 79.9 Å². The molecule has 7 N–H and O–H groups in total. The molecule has 0 aromatic heterocycles. The number of phenolic OH excluding ortho intramolecular Hbond substituents is 1. The molecular weight excluding hydrogens is 456 g/mol. The smallest absolute Gasteiger partial charge is 0.255 e. The van der Waals surface area contributed by atoms with E-state index in [1.54, 1.807) is 19.1 Å². The molecule has 1 fully saturated rings. The predicted molar refractivity (Wildman–Crippen MR) is 117 cm³/mol. The summed E-state index contributed by atoms with van der Waals surface area (Å²) < 4.78 is 0. The van der Waals surface area contributed by atoms with E-state index >= 15 is 0 Å². The summed E-state index contributed by atoms with van der Waals surface area (Å²) in [4.78, 5) is 39.8. The van der Waals surface area contributed by atoms with E-state index < -0.39 is 76.3 Å². The van der Waals surface area contributed by atoms with Gasteiger partial charge in [0.05, 0.1) is 29.5 Å². The number of fused-ring (bicyclic) bond motifs is 3. The van der Waals surface area contributed by atoms with Crippen molar-refractivity contribution in [2.75, 3.05) is 14.1 Å². The first-order valence-corrected chi connectivity index (χ1v) is 10.3. The van der Waals surface area contributed by atoms with E-state index in [1.165, 1.54) is 25.1 Å². The number of carbonyl (C=O) groups excluding carboxylic acids is 3. The molecule has 0 radical (unpaired) electrons. The number of aromatic hydroxyl groups is 1. The number of hydrogen-bond acceptors (Lipinski definition) is 9. The van der Waals surface area contributed by atoms with Crippen LogP contribution in [-0.2, 0) is 9.59 Å². The Hall–Kier alpha value is -2.50. The maximum atomic E-state index is 13.4. The normalized spacial score (nSPS) is 34.8. The third kappa shape index (κ3) is 3.20. The second-order valence-corrected chi connectivity index (χ2v) is 9.18. The molecule has 1 saturated carbocycles. The fourth-order valence-electron chi connectivity index (χ4n) is 6.11. The van der Waals surface area contributed by atoms with Gasteiger partial charge < -0.3 is 31.3 Å². The number of nitrogens with two attached hydrogens (primary N) is 1. The summed E-state index contributed by atoms with van der Waals surface area (Å²) in [5, 5.41) is 55.1. The lowest BCUT2D eigenvalue weighted by atomic mass is 9.51. The van der Waals surface area contributed by atoms with Gasteiger partial charge in [0.2, 0.25) is 0 Å². The lowest BCUT2D eigenvalue weighted by molar-refractivity contribution is -0.287. The van der Waals surface area contributed by atoms with Crippen LogP contribution in [0.2, 0.25) is 0 Å². The molecule has 1 aromatic carbocycles. The SMILES string of the molecule is CC1c2cccc(O)c2C(=O)C2C1C(O)C1C(N(C)C)C(=O)C(C(N)=O)=C(O)C1C2(O)O.Cl.